The van der Waals surface area contributed by atoms with Crippen molar-refractivity contribution in [2.24, 2.45) is 5.92 Å². The summed E-state index contributed by atoms with van der Waals surface area (Å²) >= 11 is 0. The van der Waals surface area contributed by atoms with Gasteiger partial charge in [-0.15, -0.1) is 0 Å². The number of phenols is 1. The van der Waals surface area contributed by atoms with Gasteiger partial charge in [0.2, 0.25) is 0 Å². The minimum Gasteiger partial charge on any atom is -0.506 e. The first-order valence-corrected chi connectivity index (χ1v) is 8.44. The number of aromatic nitrogens is 2. The number of rotatable bonds is 1. The topological polar surface area (TPSA) is 72.5 Å². The summed E-state index contributed by atoms with van der Waals surface area (Å²) in [5.74, 6) is 0.879. The summed E-state index contributed by atoms with van der Waals surface area (Å²) in [5, 5.41) is 18.0. The van der Waals surface area contributed by atoms with Crippen LogP contribution >= 0.6 is 0 Å². The van der Waals surface area contributed by atoms with E-state index in [-0.39, 0.29) is 11.7 Å². The van der Waals surface area contributed by atoms with Crippen molar-refractivity contribution in [1.82, 2.24) is 20.0 Å². The molecular weight excluding hydrogens is 292 g/mol. The number of aromatic hydroxyl groups is 1. The summed E-state index contributed by atoms with van der Waals surface area (Å²) in [4.78, 5) is 17.7. The number of hydrogen-bond donors (Lipinski definition) is 2. The Morgan fingerprint density at radius 3 is 2.78 bits per heavy atom. The lowest BCUT2D eigenvalue weighted by molar-refractivity contribution is 0.00821. The van der Waals surface area contributed by atoms with Crippen molar-refractivity contribution >= 4 is 16.8 Å². The number of nitrogens with one attached hydrogen (secondary N) is 1. The van der Waals surface area contributed by atoms with Crippen LogP contribution in [0.3, 0.4) is 0 Å². The number of piperidine rings is 3. The van der Waals surface area contributed by atoms with Gasteiger partial charge in [-0.1, -0.05) is 0 Å². The van der Waals surface area contributed by atoms with E-state index in [4.69, 9.17) is 0 Å². The second-order valence-corrected chi connectivity index (χ2v) is 7.01. The van der Waals surface area contributed by atoms with Gasteiger partial charge in [-0.3, -0.25) is 9.89 Å². The molecule has 0 aliphatic carbocycles. The Morgan fingerprint density at radius 2 is 2.04 bits per heavy atom. The number of hydrogen-bond acceptors (Lipinski definition) is 4. The Morgan fingerprint density at radius 1 is 1.22 bits per heavy atom. The number of aromatic amines is 1. The highest BCUT2D eigenvalue weighted by molar-refractivity contribution is 6.09. The van der Waals surface area contributed by atoms with E-state index in [0.29, 0.717) is 29.6 Å². The van der Waals surface area contributed by atoms with Crippen LogP contribution in [-0.4, -0.2) is 63.2 Å². The van der Waals surface area contributed by atoms with Crippen LogP contribution in [0.2, 0.25) is 0 Å². The standard InChI is InChI=1S/C17H20N4O2/c22-14-2-1-11-15-12(18-19-16(14)15)5-8-21(17(11)23)13-9-20-6-3-10(13)4-7-20/h1-2,10,13,22H,3-9H2,(H,18,19)/t13-/m1/s1. The van der Waals surface area contributed by atoms with Crippen LogP contribution in [0.1, 0.15) is 28.9 Å². The van der Waals surface area contributed by atoms with E-state index < -0.39 is 0 Å². The largest absolute Gasteiger partial charge is 0.506 e. The fraction of sp³-hybridized carbons (Fsp3) is 0.529. The Hall–Kier alpha value is -2.08. The Kier molecular flexibility index (Phi) is 2.74. The highest BCUT2D eigenvalue weighted by atomic mass is 16.3. The monoisotopic (exact) mass is 312 g/mol. The Bertz CT molecular complexity index is 791. The molecule has 4 aliphatic rings. The van der Waals surface area contributed by atoms with E-state index in [1.54, 1.807) is 12.1 Å². The second kappa shape index (κ2) is 4.71. The van der Waals surface area contributed by atoms with E-state index in [1.807, 2.05) is 0 Å². The second-order valence-electron chi connectivity index (χ2n) is 7.01. The van der Waals surface area contributed by atoms with Crippen molar-refractivity contribution in [2.45, 2.75) is 25.3 Å². The van der Waals surface area contributed by atoms with E-state index >= 15 is 0 Å². The quantitative estimate of drug-likeness (QED) is 0.834. The first kappa shape index (κ1) is 13.4. The zero-order valence-corrected chi connectivity index (χ0v) is 13.0. The number of H-pyrrole nitrogens is 1. The fourth-order valence-electron chi connectivity index (χ4n) is 4.63. The van der Waals surface area contributed by atoms with Crippen molar-refractivity contribution in [3.8, 4) is 5.75 Å². The predicted octanol–water partition coefficient (Wildman–Crippen LogP) is 1.36. The SMILES string of the molecule is O=C1c2ccc(O)c3[nH]nc(c23)CCN1[C@@H]1CN2CCC1CC2. The minimum atomic E-state index is 0.0916. The first-order valence-electron chi connectivity index (χ1n) is 8.44. The number of phenolic OH excluding ortho intramolecular Hbond substituents is 1. The average molecular weight is 312 g/mol. The van der Waals surface area contributed by atoms with Crippen molar-refractivity contribution in [1.29, 1.82) is 0 Å². The van der Waals surface area contributed by atoms with Crippen LogP contribution in [0.4, 0.5) is 0 Å². The van der Waals surface area contributed by atoms with Crippen molar-refractivity contribution in [3.05, 3.63) is 23.4 Å². The van der Waals surface area contributed by atoms with Crippen LogP contribution in [0, 0.1) is 5.92 Å². The lowest BCUT2D eigenvalue weighted by Crippen LogP contribution is -2.58. The molecular formula is C17H20N4O2. The van der Waals surface area contributed by atoms with Gasteiger partial charge >= 0.3 is 0 Å². The molecule has 0 spiro atoms. The molecule has 6 heteroatoms. The van der Waals surface area contributed by atoms with Crippen molar-refractivity contribution < 1.29 is 9.90 Å². The summed E-state index contributed by atoms with van der Waals surface area (Å²) in [6, 6.07) is 3.66. The summed E-state index contributed by atoms with van der Waals surface area (Å²) < 4.78 is 0. The minimum absolute atomic E-state index is 0.0916. The molecule has 1 amide bonds. The van der Waals surface area contributed by atoms with Crippen molar-refractivity contribution in [3.63, 3.8) is 0 Å². The van der Waals surface area contributed by atoms with Gasteiger partial charge in [0.15, 0.2) is 0 Å². The smallest absolute Gasteiger partial charge is 0.254 e. The Labute approximate surface area is 134 Å². The predicted molar refractivity (Wildman–Crippen MR) is 85.5 cm³/mol. The van der Waals surface area contributed by atoms with Crippen LogP contribution in [-0.2, 0) is 6.42 Å². The molecule has 1 aromatic carbocycles. The lowest BCUT2D eigenvalue weighted by Gasteiger charge is -2.49. The van der Waals surface area contributed by atoms with Crippen LogP contribution in [0.5, 0.6) is 5.75 Å². The normalized spacial score (nSPS) is 30.0. The van der Waals surface area contributed by atoms with Gasteiger partial charge in [0.05, 0.1) is 11.3 Å². The molecule has 0 unspecified atom stereocenters. The molecule has 23 heavy (non-hydrogen) atoms. The maximum Gasteiger partial charge on any atom is 0.254 e. The van der Waals surface area contributed by atoms with Crippen LogP contribution in [0.15, 0.2) is 12.1 Å². The zero-order chi connectivity index (χ0) is 15.6. The zero-order valence-electron chi connectivity index (χ0n) is 13.0. The van der Waals surface area contributed by atoms with Gasteiger partial charge < -0.3 is 14.9 Å². The number of carbonyl (C=O) groups is 1. The van der Waals surface area contributed by atoms with E-state index in [1.165, 1.54) is 25.9 Å². The number of carbonyl (C=O) groups excluding carboxylic acids is 1. The number of fused-ring (bicyclic) bond motifs is 3. The number of nitrogens with zero attached hydrogens (tertiary/aromatic N) is 3. The third-order valence-electron chi connectivity index (χ3n) is 5.88. The van der Waals surface area contributed by atoms with Crippen LogP contribution < -0.4 is 0 Å². The molecule has 1 aromatic heterocycles. The molecule has 120 valence electrons. The molecule has 6 nitrogen and oxygen atoms in total. The fourth-order valence-corrected chi connectivity index (χ4v) is 4.63. The molecule has 5 heterocycles. The average Bonchev–Trinajstić information content (AvgIpc) is 2.95. The maximum atomic E-state index is 13.2. The number of amides is 1. The Balaban J connectivity index is 1.58. The van der Waals surface area contributed by atoms with Crippen molar-refractivity contribution in [2.75, 3.05) is 26.2 Å². The summed E-state index contributed by atoms with van der Waals surface area (Å²) in [7, 11) is 0. The molecule has 0 radical (unpaired) electrons. The molecule has 6 rings (SSSR count). The molecule has 1 atom stereocenters. The molecule has 3 saturated heterocycles. The molecule has 2 bridgehead atoms. The van der Waals surface area contributed by atoms with Crippen LogP contribution in [0.25, 0.3) is 10.9 Å². The third kappa shape index (κ3) is 1.84. The molecule has 3 fully saturated rings. The van der Waals surface area contributed by atoms with E-state index in [0.717, 1.165) is 24.0 Å². The van der Waals surface area contributed by atoms with E-state index in [2.05, 4.69) is 20.0 Å². The molecule has 2 aromatic rings. The van der Waals surface area contributed by atoms with Gasteiger partial charge in [-0.25, -0.2) is 0 Å². The summed E-state index contributed by atoms with van der Waals surface area (Å²) in [6.07, 6.45) is 3.14. The number of benzene rings is 1. The lowest BCUT2D eigenvalue weighted by atomic mass is 9.83. The summed E-state index contributed by atoms with van der Waals surface area (Å²) in [6.45, 7) is 4.06. The molecule has 4 aliphatic heterocycles. The van der Waals surface area contributed by atoms with Gasteiger partial charge in [-0.05, 0) is 44.0 Å². The first-order chi connectivity index (χ1) is 11.2. The molecule has 0 saturated carbocycles. The molecule has 2 N–H and O–H groups in total. The van der Waals surface area contributed by atoms with Gasteiger partial charge in [0.25, 0.3) is 5.91 Å². The highest BCUT2D eigenvalue weighted by Crippen LogP contribution is 2.36. The maximum absolute atomic E-state index is 13.2. The van der Waals surface area contributed by atoms with Gasteiger partial charge in [-0.2, -0.15) is 5.10 Å². The van der Waals surface area contributed by atoms with Gasteiger partial charge in [0, 0.05) is 30.9 Å². The van der Waals surface area contributed by atoms with E-state index in [9.17, 15) is 9.90 Å². The van der Waals surface area contributed by atoms with Gasteiger partial charge in [0.1, 0.15) is 11.3 Å². The summed E-state index contributed by atoms with van der Waals surface area (Å²) in [5.41, 5.74) is 2.15. The highest BCUT2D eigenvalue weighted by Gasteiger charge is 2.40. The third-order valence-corrected chi connectivity index (χ3v) is 5.88.